The van der Waals surface area contributed by atoms with Gasteiger partial charge in [-0.05, 0) is 24.1 Å². The fraction of sp³-hybridized carbons (Fsp3) is 0.263. The first-order valence-electron chi connectivity index (χ1n) is 8.20. The van der Waals surface area contributed by atoms with E-state index in [9.17, 15) is 24.8 Å². The van der Waals surface area contributed by atoms with Crippen molar-refractivity contribution >= 4 is 17.6 Å². The first kappa shape index (κ1) is 17.6. The summed E-state index contributed by atoms with van der Waals surface area (Å²) in [7, 11) is 0. The van der Waals surface area contributed by atoms with Crippen LogP contribution in [-0.2, 0) is 4.79 Å². The van der Waals surface area contributed by atoms with Crippen LogP contribution < -0.4 is 0 Å². The molecule has 3 rings (SSSR count). The fourth-order valence-corrected chi connectivity index (χ4v) is 3.43. The number of rotatable bonds is 4. The summed E-state index contributed by atoms with van der Waals surface area (Å²) in [6, 6.07) is 13.4. The Balaban J connectivity index is 1.87. The second-order valence-electron chi connectivity index (χ2n) is 6.43. The maximum absolute atomic E-state index is 12.9. The summed E-state index contributed by atoms with van der Waals surface area (Å²) in [5.74, 6) is -2.20. The van der Waals surface area contributed by atoms with E-state index in [4.69, 9.17) is 0 Å². The van der Waals surface area contributed by atoms with Crippen LogP contribution in [0, 0.1) is 23.0 Å². The third-order valence-electron chi connectivity index (χ3n) is 4.80. The zero-order valence-corrected chi connectivity index (χ0v) is 14.2. The lowest BCUT2D eigenvalue weighted by molar-refractivity contribution is -0.384. The molecule has 1 fully saturated rings. The number of carbonyl (C=O) groups excluding carboxylic acids is 1. The van der Waals surface area contributed by atoms with E-state index in [0.717, 1.165) is 5.56 Å². The van der Waals surface area contributed by atoms with Gasteiger partial charge in [0.2, 0.25) is 0 Å². The van der Waals surface area contributed by atoms with E-state index < -0.39 is 16.8 Å². The minimum Gasteiger partial charge on any atom is -0.481 e. The topological polar surface area (TPSA) is 101 Å². The molecule has 1 heterocycles. The molecule has 1 aliphatic rings. The molecule has 134 valence electrons. The molecule has 0 spiro atoms. The zero-order valence-electron chi connectivity index (χ0n) is 14.2. The van der Waals surface area contributed by atoms with Gasteiger partial charge in [-0.2, -0.15) is 0 Å². The van der Waals surface area contributed by atoms with Crippen LogP contribution in [0.15, 0.2) is 48.5 Å². The van der Waals surface area contributed by atoms with E-state index in [1.807, 2.05) is 30.3 Å². The molecule has 26 heavy (non-hydrogen) atoms. The molecule has 7 heteroatoms. The van der Waals surface area contributed by atoms with E-state index >= 15 is 0 Å². The Hall–Kier alpha value is -3.22. The molecule has 2 aromatic rings. The van der Waals surface area contributed by atoms with Crippen molar-refractivity contribution < 1.29 is 19.6 Å². The average Bonchev–Trinajstić information content (AvgIpc) is 3.07. The largest absolute Gasteiger partial charge is 0.481 e. The number of nitrogens with zero attached hydrogens (tertiary/aromatic N) is 2. The van der Waals surface area contributed by atoms with Crippen molar-refractivity contribution in [3.63, 3.8) is 0 Å². The van der Waals surface area contributed by atoms with Crippen LogP contribution in [0.25, 0.3) is 0 Å². The van der Waals surface area contributed by atoms with Gasteiger partial charge < -0.3 is 10.0 Å². The van der Waals surface area contributed by atoms with Crippen LogP contribution in [0.1, 0.15) is 27.4 Å². The van der Waals surface area contributed by atoms with Crippen LogP contribution in [0.2, 0.25) is 0 Å². The number of carboxylic acid groups (broad SMARTS) is 1. The van der Waals surface area contributed by atoms with Gasteiger partial charge in [-0.25, -0.2) is 0 Å². The number of nitro benzene ring substituents is 1. The minimum absolute atomic E-state index is 0.0777. The summed E-state index contributed by atoms with van der Waals surface area (Å²) < 4.78 is 0. The number of likely N-dealkylation sites (tertiary alicyclic amines) is 1. The molecule has 0 unspecified atom stereocenters. The Bertz CT molecular complexity index is 865. The lowest BCUT2D eigenvalue weighted by Crippen LogP contribution is -2.30. The SMILES string of the molecule is Cc1cc([N+](=O)[O-])ccc1C(=O)N1C[C@H](C(=O)O)[C@H](c2ccccc2)C1. The first-order valence-corrected chi connectivity index (χ1v) is 8.20. The number of hydrogen-bond acceptors (Lipinski definition) is 4. The number of nitro groups is 1. The summed E-state index contributed by atoms with van der Waals surface area (Å²) in [4.78, 5) is 36.4. The monoisotopic (exact) mass is 354 g/mol. The number of aliphatic carboxylic acids is 1. The number of carboxylic acids is 1. The number of carbonyl (C=O) groups is 2. The van der Waals surface area contributed by atoms with Crippen LogP contribution >= 0.6 is 0 Å². The van der Waals surface area contributed by atoms with Gasteiger partial charge >= 0.3 is 5.97 Å². The molecule has 7 nitrogen and oxygen atoms in total. The van der Waals surface area contributed by atoms with Crippen LogP contribution in [0.5, 0.6) is 0 Å². The van der Waals surface area contributed by atoms with Crippen LogP contribution in [0.4, 0.5) is 5.69 Å². The zero-order chi connectivity index (χ0) is 18.8. The van der Waals surface area contributed by atoms with E-state index in [-0.39, 0.29) is 24.1 Å². The molecule has 0 aromatic heterocycles. The normalized spacial score (nSPS) is 19.3. The average molecular weight is 354 g/mol. The highest BCUT2D eigenvalue weighted by Gasteiger charge is 2.40. The summed E-state index contributed by atoms with van der Waals surface area (Å²) in [5.41, 5.74) is 1.66. The number of benzene rings is 2. The maximum Gasteiger partial charge on any atom is 0.308 e. The quantitative estimate of drug-likeness (QED) is 0.672. The smallest absolute Gasteiger partial charge is 0.308 e. The number of non-ortho nitro benzene ring substituents is 1. The Kier molecular flexibility index (Phi) is 4.71. The Morgan fingerprint density at radius 3 is 2.42 bits per heavy atom. The maximum atomic E-state index is 12.9. The lowest BCUT2D eigenvalue weighted by Gasteiger charge is -2.17. The predicted molar refractivity (Wildman–Crippen MR) is 94.0 cm³/mol. The van der Waals surface area contributed by atoms with Crippen LogP contribution in [-0.4, -0.2) is 39.9 Å². The van der Waals surface area contributed by atoms with Gasteiger partial charge in [0.05, 0.1) is 10.8 Å². The highest BCUT2D eigenvalue weighted by atomic mass is 16.6. The van der Waals surface area contributed by atoms with Gasteiger partial charge in [0.1, 0.15) is 0 Å². The van der Waals surface area contributed by atoms with Crippen molar-refractivity contribution in [3.8, 4) is 0 Å². The molecule has 1 aliphatic heterocycles. The van der Waals surface area contributed by atoms with Gasteiger partial charge in [-0.15, -0.1) is 0 Å². The van der Waals surface area contributed by atoms with Crippen molar-refractivity contribution in [2.45, 2.75) is 12.8 Å². The van der Waals surface area contributed by atoms with Gasteiger partial charge in [0, 0.05) is 36.7 Å². The number of amides is 1. The van der Waals surface area contributed by atoms with E-state index in [1.54, 1.807) is 6.92 Å². The molecular weight excluding hydrogens is 336 g/mol. The third kappa shape index (κ3) is 3.28. The summed E-state index contributed by atoms with van der Waals surface area (Å²) in [5, 5.41) is 20.4. The van der Waals surface area contributed by atoms with E-state index in [2.05, 4.69) is 0 Å². The summed E-state index contributed by atoms with van der Waals surface area (Å²) in [6.07, 6.45) is 0. The Morgan fingerprint density at radius 1 is 1.15 bits per heavy atom. The van der Waals surface area contributed by atoms with Crippen molar-refractivity contribution in [1.29, 1.82) is 0 Å². The second kappa shape index (κ2) is 6.95. The molecule has 1 N–H and O–H groups in total. The standard InChI is InChI=1S/C19H18N2O5/c1-12-9-14(21(25)26)7-8-15(12)18(22)20-10-16(17(11-20)19(23)24)13-5-3-2-4-6-13/h2-9,16-17H,10-11H2,1H3,(H,23,24)/t16-,17-/m0/s1. The van der Waals surface area contributed by atoms with Crippen molar-refractivity contribution in [2.75, 3.05) is 13.1 Å². The van der Waals surface area contributed by atoms with Crippen molar-refractivity contribution in [2.24, 2.45) is 5.92 Å². The fourth-order valence-electron chi connectivity index (χ4n) is 3.43. The van der Waals surface area contributed by atoms with Gasteiger partial charge in [0.15, 0.2) is 0 Å². The molecule has 1 amide bonds. The number of hydrogen-bond donors (Lipinski definition) is 1. The van der Waals surface area contributed by atoms with Crippen molar-refractivity contribution in [3.05, 3.63) is 75.3 Å². The van der Waals surface area contributed by atoms with Crippen molar-refractivity contribution in [1.82, 2.24) is 4.90 Å². The molecule has 0 bridgehead atoms. The number of aryl methyl sites for hydroxylation is 1. The van der Waals surface area contributed by atoms with Gasteiger partial charge in [-0.3, -0.25) is 19.7 Å². The highest BCUT2D eigenvalue weighted by Crippen LogP contribution is 2.34. The lowest BCUT2D eigenvalue weighted by atomic mass is 9.89. The molecule has 0 saturated carbocycles. The Labute approximate surface area is 150 Å². The summed E-state index contributed by atoms with van der Waals surface area (Å²) >= 11 is 0. The third-order valence-corrected chi connectivity index (χ3v) is 4.80. The highest BCUT2D eigenvalue weighted by molar-refractivity contribution is 5.96. The summed E-state index contributed by atoms with van der Waals surface area (Å²) in [6.45, 7) is 2.06. The first-order chi connectivity index (χ1) is 12.4. The minimum atomic E-state index is -0.936. The molecular formula is C19H18N2O5. The molecule has 2 atom stereocenters. The van der Waals surface area contributed by atoms with E-state index in [0.29, 0.717) is 17.7 Å². The molecule has 0 radical (unpaired) electrons. The molecule has 0 aliphatic carbocycles. The van der Waals surface area contributed by atoms with Crippen LogP contribution in [0.3, 0.4) is 0 Å². The van der Waals surface area contributed by atoms with Gasteiger partial charge in [-0.1, -0.05) is 30.3 Å². The molecule has 1 saturated heterocycles. The Morgan fingerprint density at radius 2 is 1.85 bits per heavy atom. The molecule has 2 aromatic carbocycles. The second-order valence-corrected chi connectivity index (χ2v) is 6.43. The predicted octanol–water partition coefficient (Wildman–Crippen LogP) is 2.84. The van der Waals surface area contributed by atoms with E-state index in [1.165, 1.54) is 23.1 Å². The van der Waals surface area contributed by atoms with Gasteiger partial charge in [0.25, 0.3) is 11.6 Å².